The van der Waals surface area contributed by atoms with E-state index in [9.17, 15) is 4.39 Å². The average Bonchev–Trinajstić information content (AvgIpc) is 2.37. The molecule has 0 aliphatic rings. The molecular weight excluding hydrogens is 309 g/mol. The molecule has 3 nitrogen and oxygen atoms in total. The Bertz CT molecular complexity index is 433. The van der Waals surface area contributed by atoms with Gasteiger partial charge >= 0.3 is 0 Å². The van der Waals surface area contributed by atoms with Crippen molar-refractivity contribution in [2.75, 3.05) is 20.1 Å². The van der Waals surface area contributed by atoms with E-state index in [1.165, 1.54) is 6.07 Å². The lowest BCUT2D eigenvalue weighted by Gasteiger charge is -2.13. The molecule has 1 aromatic carbocycles. The highest BCUT2D eigenvalue weighted by Gasteiger charge is 2.02. The van der Waals surface area contributed by atoms with Gasteiger partial charge in [-0.15, -0.1) is 0 Å². The zero-order valence-corrected chi connectivity index (χ0v) is 13.2. The Morgan fingerprint density at radius 1 is 1.37 bits per heavy atom. The molecule has 0 bridgehead atoms. The van der Waals surface area contributed by atoms with E-state index in [-0.39, 0.29) is 5.82 Å². The van der Waals surface area contributed by atoms with Crippen molar-refractivity contribution in [2.24, 2.45) is 10.9 Å². The number of rotatable bonds is 5. The molecule has 1 aromatic rings. The van der Waals surface area contributed by atoms with Crippen molar-refractivity contribution >= 4 is 21.9 Å². The predicted octanol–water partition coefficient (Wildman–Crippen LogP) is 2.95. The van der Waals surface area contributed by atoms with Crippen LogP contribution in [0.15, 0.2) is 27.7 Å². The molecule has 0 atom stereocenters. The van der Waals surface area contributed by atoms with Gasteiger partial charge in [-0.05, 0) is 46.0 Å². The Labute approximate surface area is 122 Å². The third kappa shape index (κ3) is 6.05. The van der Waals surface area contributed by atoms with Crippen LogP contribution >= 0.6 is 15.9 Å². The van der Waals surface area contributed by atoms with Crippen LogP contribution in [0.2, 0.25) is 0 Å². The Morgan fingerprint density at radius 2 is 2.11 bits per heavy atom. The Kier molecular flexibility index (Phi) is 6.84. The smallest absolute Gasteiger partial charge is 0.190 e. The summed E-state index contributed by atoms with van der Waals surface area (Å²) in [6.45, 7) is 5.95. The third-order valence-corrected chi connectivity index (χ3v) is 3.20. The Hall–Kier alpha value is -1.10. The molecule has 106 valence electrons. The summed E-state index contributed by atoms with van der Waals surface area (Å²) in [5.74, 6) is 1.15. The first-order valence-corrected chi connectivity index (χ1v) is 7.20. The molecule has 2 N–H and O–H groups in total. The normalized spacial score (nSPS) is 11.8. The van der Waals surface area contributed by atoms with E-state index in [0.29, 0.717) is 10.4 Å². The van der Waals surface area contributed by atoms with E-state index in [2.05, 4.69) is 45.4 Å². The molecule has 5 heteroatoms. The second-order valence-electron chi connectivity index (χ2n) is 4.77. The summed E-state index contributed by atoms with van der Waals surface area (Å²) in [4.78, 5) is 4.15. The summed E-state index contributed by atoms with van der Waals surface area (Å²) < 4.78 is 13.6. The van der Waals surface area contributed by atoms with Gasteiger partial charge in [0.1, 0.15) is 5.82 Å². The molecule has 0 unspecified atom stereocenters. The van der Waals surface area contributed by atoms with Crippen molar-refractivity contribution in [3.63, 3.8) is 0 Å². The molecule has 0 aliphatic heterocycles. The fourth-order valence-electron chi connectivity index (χ4n) is 1.54. The minimum absolute atomic E-state index is 0.230. The molecule has 0 spiro atoms. The minimum Gasteiger partial charge on any atom is -0.356 e. The van der Waals surface area contributed by atoms with E-state index >= 15 is 0 Å². The summed E-state index contributed by atoms with van der Waals surface area (Å²) in [7, 11) is 1.75. The molecule has 0 heterocycles. The Morgan fingerprint density at radius 3 is 2.68 bits per heavy atom. The van der Waals surface area contributed by atoms with Crippen LogP contribution in [0.3, 0.4) is 0 Å². The molecule has 1 rings (SSSR count). The van der Waals surface area contributed by atoms with Gasteiger partial charge in [-0.1, -0.05) is 19.9 Å². The van der Waals surface area contributed by atoms with Crippen LogP contribution in [0, 0.1) is 11.7 Å². The number of hydrogen-bond acceptors (Lipinski definition) is 1. The van der Waals surface area contributed by atoms with Crippen LogP contribution < -0.4 is 10.6 Å². The maximum absolute atomic E-state index is 13.1. The van der Waals surface area contributed by atoms with Crippen molar-refractivity contribution < 1.29 is 4.39 Å². The highest BCUT2D eigenvalue weighted by molar-refractivity contribution is 9.10. The van der Waals surface area contributed by atoms with Crippen molar-refractivity contribution in [1.29, 1.82) is 0 Å². The van der Waals surface area contributed by atoms with Crippen molar-refractivity contribution in [3.8, 4) is 0 Å². The maximum atomic E-state index is 13.1. The zero-order chi connectivity index (χ0) is 14.3. The molecule has 0 amide bonds. The van der Waals surface area contributed by atoms with E-state index in [4.69, 9.17) is 0 Å². The standard InChI is InChI=1S/C14H21BrFN3/c1-10(2)9-19-14(17-3)18-7-6-11-4-5-13(16)12(15)8-11/h4-5,8,10H,6-7,9H2,1-3H3,(H2,17,18,19). The van der Waals surface area contributed by atoms with E-state index in [1.54, 1.807) is 19.2 Å². The van der Waals surface area contributed by atoms with Gasteiger partial charge in [-0.3, -0.25) is 4.99 Å². The van der Waals surface area contributed by atoms with Gasteiger partial charge in [0.05, 0.1) is 4.47 Å². The quantitative estimate of drug-likeness (QED) is 0.643. The molecule has 0 saturated carbocycles. The van der Waals surface area contributed by atoms with Crippen LogP contribution in [0.1, 0.15) is 19.4 Å². The van der Waals surface area contributed by atoms with Gasteiger partial charge in [0.15, 0.2) is 5.96 Å². The third-order valence-electron chi connectivity index (χ3n) is 2.59. The van der Waals surface area contributed by atoms with Gasteiger partial charge in [-0.2, -0.15) is 0 Å². The van der Waals surface area contributed by atoms with Gasteiger partial charge in [0, 0.05) is 20.1 Å². The summed E-state index contributed by atoms with van der Waals surface area (Å²) >= 11 is 3.19. The highest BCUT2D eigenvalue weighted by Crippen LogP contribution is 2.16. The first kappa shape index (κ1) is 16.0. The van der Waals surface area contributed by atoms with Crippen LogP contribution in [0.4, 0.5) is 4.39 Å². The van der Waals surface area contributed by atoms with E-state index in [1.807, 2.05) is 0 Å². The number of aliphatic imine (C=N–C) groups is 1. The number of nitrogens with one attached hydrogen (secondary N) is 2. The fraction of sp³-hybridized carbons (Fsp3) is 0.500. The number of nitrogens with zero attached hydrogens (tertiary/aromatic N) is 1. The molecule has 0 saturated heterocycles. The molecule has 19 heavy (non-hydrogen) atoms. The van der Waals surface area contributed by atoms with Crippen LogP contribution in [-0.4, -0.2) is 26.1 Å². The highest BCUT2D eigenvalue weighted by atomic mass is 79.9. The molecule has 0 fully saturated rings. The number of halogens is 2. The largest absolute Gasteiger partial charge is 0.356 e. The first-order valence-electron chi connectivity index (χ1n) is 6.41. The van der Waals surface area contributed by atoms with Gasteiger partial charge < -0.3 is 10.6 Å². The summed E-state index contributed by atoms with van der Waals surface area (Å²) in [6, 6.07) is 5.08. The lowest BCUT2D eigenvalue weighted by atomic mass is 10.1. The first-order chi connectivity index (χ1) is 9.02. The van der Waals surface area contributed by atoms with E-state index in [0.717, 1.165) is 31.0 Å². The predicted molar refractivity (Wildman–Crippen MR) is 82.0 cm³/mol. The zero-order valence-electron chi connectivity index (χ0n) is 11.6. The minimum atomic E-state index is -0.230. The average molecular weight is 330 g/mol. The van der Waals surface area contributed by atoms with Gasteiger partial charge in [0.25, 0.3) is 0 Å². The van der Waals surface area contributed by atoms with Gasteiger partial charge in [0.2, 0.25) is 0 Å². The SMILES string of the molecule is CN=C(NCCc1ccc(F)c(Br)c1)NCC(C)C. The Balaban J connectivity index is 2.38. The second-order valence-corrected chi connectivity index (χ2v) is 5.63. The molecule has 0 aliphatic carbocycles. The molecule has 0 aromatic heterocycles. The topological polar surface area (TPSA) is 36.4 Å². The fourth-order valence-corrected chi connectivity index (χ4v) is 1.97. The second kappa shape index (κ2) is 8.15. The summed E-state index contributed by atoms with van der Waals surface area (Å²) in [5, 5.41) is 6.48. The summed E-state index contributed by atoms with van der Waals surface area (Å²) in [6.07, 6.45) is 0.821. The number of hydrogen-bond donors (Lipinski definition) is 2. The number of benzene rings is 1. The molecular formula is C14H21BrFN3. The monoisotopic (exact) mass is 329 g/mol. The van der Waals surface area contributed by atoms with Crippen molar-refractivity contribution in [3.05, 3.63) is 34.1 Å². The lowest BCUT2D eigenvalue weighted by Crippen LogP contribution is -2.39. The summed E-state index contributed by atoms with van der Waals surface area (Å²) in [5.41, 5.74) is 1.08. The molecule has 0 radical (unpaired) electrons. The van der Waals surface area contributed by atoms with Crippen LogP contribution in [0.25, 0.3) is 0 Å². The van der Waals surface area contributed by atoms with Crippen molar-refractivity contribution in [2.45, 2.75) is 20.3 Å². The maximum Gasteiger partial charge on any atom is 0.190 e. The van der Waals surface area contributed by atoms with Gasteiger partial charge in [-0.25, -0.2) is 4.39 Å². The lowest BCUT2D eigenvalue weighted by molar-refractivity contribution is 0.614. The van der Waals surface area contributed by atoms with Crippen LogP contribution in [-0.2, 0) is 6.42 Å². The van der Waals surface area contributed by atoms with Crippen LogP contribution in [0.5, 0.6) is 0 Å². The number of guanidine groups is 1. The van der Waals surface area contributed by atoms with E-state index < -0.39 is 0 Å². The van der Waals surface area contributed by atoms with Crippen molar-refractivity contribution in [1.82, 2.24) is 10.6 Å².